The molecule has 0 fully saturated rings. The molecule has 4 heterocycles. The first kappa shape index (κ1) is 47.1. The van der Waals surface area contributed by atoms with Gasteiger partial charge in [0.1, 0.15) is 0 Å². The molecule has 286 valence electrons. The summed E-state index contributed by atoms with van der Waals surface area (Å²) in [6.45, 7) is 4.52. The van der Waals surface area contributed by atoms with Gasteiger partial charge in [0.25, 0.3) is 0 Å². The molecule has 4 aliphatic heterocycles. The highest BCUT2D eigenvalue weighted by Crippen LogP contribution is 2.60. The van der Waals surface area contributed by atoms with Crippen LogP contribution in [0.2, 0.25) is 0 Å². The number of carbonyl (C=O) groups is 2. The predicted molar refractivity (Wildman–Crippen MR) is 268 cm³/mol. The van der Waals surface area contributed by atoms with Crippen LogP contribution in [0.25, 0.3) is 0 Å². The summed E-state index contributed by atoms with van der Waals surface area (Å²) in [5, 5.41) is 0.915. The molecule has 0 radical (unpaired) electrons. The minimum absolute atomic E-state index is 0.140. The Balaban J connectivity index is 1.38. The van der Waals surface area contributed by atoms with E-state index in [1.165, 1.54) is 52.8 Å². The molecular formula is C32H38O4S16. The van der Waals surface area contributed by atoms with Crippen LogP contribution in [0.3, 0.4) is 0 Å². The Hall–Kier alpha value is 2.46. The minimum Gasteiger partial charge on any atom is -0.466 e. The molecule has 4 rings (SSSR count). The van der Waals surface area contributed by atoms with Crippen molar-refractivity contribution in [1.82, 2.24) is 0 Å². The van der Waals surface area contributed by atoms with Crippen LogP contribution in [0, 0.1) is 0 Å². The van der Waals surface area contributed by atoms with E-state index in [0.717, 1.165) is 22.3 Å². The number of hydrogen-bond acceptors (Lipinski definition) is 20. The van der Waals surface area contributed by atoms with Crippen molar-refractivity contribution >= 4 is 202 Å². The van der Waals surface area contributed by atoms with Gasteiger partial charge < -0.3 is 9.47 Å². The van der Waals surface area contributed by atoms with Gasteiger partial charge in [-0.2, -0.15) is 25.3 Å². The lowest BCUT2D eigenvalue weighted by molar-refractivity contribution is -0.143. The highest BCUT2D eigenvalue weighted by Gasteiger charge is 2.26. The first-order valence-electron chi connectivity index (χ1n) is 15.6. The lowest BCUT2D eigenvalue weighted by Crippen LogP contribution is -2.04. The third kappa shape index (κ3) is 15.9. The van der Waals surface area contributed by atoms with E-state index in [9.17, 15) is 9.59 Å². The summed E-state index contributed by atoms with van der Waals surface area (Å²) < 4.78 is 22.0. The van der Waals surface area contributed by atoms with Gasteiger partial charge in [0.05, 0.1) is 60.0 Å². The first-order valence-corrected chi connectivity index (χ1v) is 29.9. The fourth-order valence-corrected chi connectivity index (χ4v) is 23.2. The van der Waals surface area contributed by atoms with Gasteiger partial charge >= 0.3 is 11.9 Å². The maximum Gasteiger partial charge on any atom is 0.306 e. The summed E-state index contributed by atoms with van der Waals surface area (Å²) >= 11 is 34.5. The van der Waals surface area contributed by atoms with Gasteiger partial charge in [-0.1, -0.05) is 94.1 Å². The number of rotatable bonds is 21. The number of ether oxygens (including phenoxy) is 2. The van der Waals surface area contributed by atoms with E-state index in [-0.39, 0.29) is 11.9 Å². The SMILES string of the molecule is CCOC(=O)CCSC1=C(CSCSC2=C(SCCC(=O)OCC)S/C(=C/C=C3SC(CS)=C(CS)S3)S2)S/C(=C\C=C2SC(SC)=C(SC)S2)S1. The summed E-state index contributed by atoms with van der Waals surface area (Å²) in [6.07, 6.45) is 14.0. The molecule has 20 heteroatoms. The van der Waals surface area contributed by atoms with Gasteiger partial charge in [0.15, 0.2) is 0 Å². The van der Waals surface area contributed by atoms with Crippen molar-refractivity contribution in [2.24, 2.45) is 0 Å². The fraction of sp³-hybridized carbons (Fsp3) is 0.438. The van der Waals surface area contributed by atoms with Crippen LogP contribution in [-0.4, -0.2) is 71.5 Å². The second-order valence-electron chi connectivity index (χ2n) is 9.61. The lowest BCUT2D eigenvalue weighted by atomic mass is 10.5. The number of hydrogen-bond donors (Lipinski definition) is 2. The van der Waals surface area contributed by atoms with Crippen molar-refractivity contribution in [1.29, 1.82) is 0 Å². The van der Waals surface area contributed by atoms with E-state index >= 15 is 0 Å². The zero-order valence-electron chi connectivity index (χ0n) is 28.6. The largest absolute Gasteiger partial charge is 0.466 e. The van der Waals surface area contributed by atoms with Crippen molar-refractivity contribution in [3.05, 3.63) is 77.2 Å². The molecule has 0 aromatic heterocycles. The Morgan fingerprint density at radius 3 is 1.46 bits per heavy atom. The van der Waals surface area contributed by atoms with Crippen LogP contribution in [-0.2, 0) is 19.1 Å². The van der Waals surface area contributed by atoms with E-state index in [2.05, 4.69) is 62.1 Å². The highest BCUT2D eigenvalue weighted by atomic mass is 32.3. The van der Waals surface area contributed by atoms with Crippen molar-refractivity contribution in [3.8, 4) is 0 Å². The van der Waals surface area contributed by atoms with Crippen molar-refractivity contribution in [3.63, 3.8) is 0 Å². The van der Waals surface area contributed by atoms with Gasteiger partial charge in [-0.3, -0.25) is 9.59 Å². The molecule has 4 nitrogen and oxygen atoms in total. The van der Waals surface area contributed by atoms with E-state index in [0.29, 0.717) is 37.6 Å². The Kier molecular flexibility index (Phi) is 24.1. The molecule has 0 aliphatic carbocycles. The van der Waals surface area contributed by atoms with Crippen molar-refractivity contribution in [2.45, 2.75) is 26.7 Å². The Morgan fingerprint density at radius 1 is 0.577 bits per heavy atom. The standard InChI is InChI=1S/C32H38O4S16/c1-5-35-22(33)11-13-42-28-21(47-25(48-28)8-10-26-49-29(39-3)30(40-4)50-26)17-41-18-44-32-31(43-14-12-23(34)36-6-2)51-27(52-32)9-7-24-45-19(15-37)20(16-38)46-24/h7-10,37-38H,5-6,11-18H2,1-4H3/b25-8+,27-9-. The molecule has 0 unspecified atom stereocenters. The van der Waals surface area contributed by atoms with Crippen molar-refractivity contribution in [2.75, 3.05) is 59.6 Å². The highest BCUT2D eigenvalue weighted by molar-refractivity contribution is 8.42. The number of carbonyl (C=O) groups excluding carboxylic acids is 2. The average Bonchev–Trinajstić information content (AvgIpc) is 3.93. The van der Waals surface area contributed by atoms with Crippen LogP contribution >= 0.6 is 190 Å². The zero-order valence-corrected chi connectivity index (χ0v) is 41.8. The first-order chi connectivity index (χ1) is 25.3. The molecule has 0 saturated heterocycles. The van der Waals surface area contributed by atoms with E-state index in [4.69, 9.17) is 9.47 Å². The summed E-state index contributed by atoms with van der Waals surface area (Å²) in [4.78, 5) is 28.0. The molecule has 0 aromatic rings. The third-order valence-corrected chi connectivity index (χ3v) is 25.6. The van der Waals surface area contributed by atoms with Crippen molar-refractivity contribution < 1.29 is 19.1 Å². The van der Waals surface area contributed by atoms with Crippen LogP contribution in [0.5, 0.6) is 0 Å². The number of esters is 2. The molecule has 52 heavy (non-hydrogen) atoms. The van der Waals surface area contributed by atoms with Gasteiger partial charge in [-0.15, -0.1) is 70.6 Å². The van der Waals surface area contributed by atoms with E-state index < -0.39 is 0 Å². The lowest BCUT2D eigenvalue weighted by Gasteiger charge is -2.07. The van der Waals surface area contributed by atoms with Crippen LogP contribution < -0.4 is 0 Å². The molecule has 0 spiro atoms. The second kappa shape index (κ2) is 26.5. The van der Waals surface area contributed by atoms with Crippen LogP contribution in [0.15, 0.2) is 77.2 Å². The Bertz CT molecular complexity index is 1410. The van der Waals surface area contributed by atoms with Crippen LogP contribution in [0.1, 0.15) is 26.7 Å². The molecule has 0 N–H and O–H groups in total. The Labute approximate surface area is 379 Å². The Morgan fingerprint density at radius 2 is 0.981 bits per heavy atom. The average molecular weight is 1000 g/mol. The number of thiol groups is 2. The molecule has 0 saturated carbocycles. The van der Waals surface area contributed by atoms with Crippen LogP contribution in [0.4, 0.5) is 0 Å². The molecule has 0 bridgehead atoms. The molecular weight excluding hydrogens is 961 g/mol. The quantitative estimate of drug-likeness (QED) is 0.0496. The summed E-state index contributed by atoms with van der Waals surface area (Å²) in [5.74, 6) is 3.50. The number of allylic oxidation sites excluding steroid dienone is 4. The predicted octanol–water partition coefficient (Wildman–Crippen LogP) is 14.3. The van der Waals surface area contributed by atoms with E-state index in [1.54, 1.807) is 58.8 Å². The normalized spacial score (nSPS) is 19.4. The number of thioether (sulfide) groups is 14. The molecule has 4 aliphatic rings. The van der Waals surface area contributed by atoms with Gasteiger partial charge in [-0.25, -0.2) is 0 Å². The maximum absolute atomic E-state index is 12.0. The summed E-state index contributed by atoms with van der Waals surface area (Å²) in [6, 6.07) is 0. The monoisotopic (exact) mass is 998 g/mol. The van der Waals surface area contributed by atoms with Gasteiger partial charge in [0, 0.05) is 52.8 Å². The maximum atomic E-state index is 12.0. The topological polar surface area (TPSA) is 52.6 Å². The minimum atomic E-state index is -0.146. The molecule has 0 aromatic carbocycles. The zero-order chi connectivity index (χ0) is 37.3. The summed E-state index contributed by atoms with van der Waals surface area (Å²) in [5.41, 5.74) is 0. The summed E-state index contributed by atoms with van der Waals surface area (Å²) in [7, 11) is 0. The third-order valence-electron chi connectivity index (χ3n) is 6.07. The second-order valence-corrected chi connectivity index (χ2v) is 27.4. The van der Waals surface area contributed by atoms with Gasteiger partial charge in [0.2, 0.25) is 0 Å². The smallest absolute Gasteiger partial charge is 0.306 e. The fourth-order valence-electron chi connectivity index (χ4n) is 3.84. The van der Waals surface area contributed by atoms with Gasteiger partial charge in [-0.05, 0) is 50.7 Å². The molecule has 0 amide bonds. The van der Waals surface area contributed by atoms with E-state index in [1.807, 2.05) is 120 Å². The molecule has 0 atom stereocenters.